The molecule has 0 unspecified atom stereocenters. The molecule has 0 aromatic rings. The summed E-state index contributed by atoms with van der Waals surface area (Å²) in [6.07, 6.45) is 3.33. The lowest BCUT2D eigenvalue weighted by Gasteiger charge is -2.36. The number of hydrogen-bond acceptors (Lipinski definition) is 3. The van der Waals surface area contributed by atoms with Gasteiger partial charge in [-0.2, -0.15) is 0 Å². The highest BCUT2D eigenvalue weighted by Crippen LogP contribution is 2.38. The smallest absolute Gasteiger partial charge is 0.191 e. The first-order valence-corrected chi connectivity index (χ1v) is 9.63. The third-order valence-electron chi connectivity index (χ3n) is 4.36. The Bertz CT molecular complexity index is 272. The molecule has 2 rings (SSSR count). The molecule has 3 nitrogen and oxygen atoms in total. The van der Waals surface area contributed by atoms with E-state index in [1.807, 2.05) is 0 Å². The van der Waals surface area contributed by atoms with Crippen LogP contribution in [-0.4, -0.2) is 39.8 Å². The molecule has 0 aliphatic carbocycles. The van der Waals surface area contributed by atoms with Crippen molar-refractivity contribution < 1.29 is 13.9 Å². The van der Waals surface area contributed by atoms with Gasteiger partial charge in [0.1, 0.15) is 12.2 Å². The van der Waals surface area contributed by atoms with Crippen LogP contribution in [0.2, 0.25) is 18.1 Å². The molecule has 2 saturated heterocycles. The number of ether oxygens (including phenoxy) is 2. The van der Waals surface area contributed by atoms with E-state index in [1.165, 1.54) is 0 Å². The summed E-state index contributed by atoms with van der Waals surface area (Å²) < 4.78 is 17.3. The second-order valence-corrected chi connectivity index (χ2v) is 11.6. The topological polar surface area (TPSA) is 31.0 Å². The van der Waals surface area contributed by atoms with Crippen molar-refractivity contribution in [1.82, 2.24) is 0 Å². The first-order chi connectivity index (χ1) is 7.81. The van der Waals surface area contributed by atoms with Crippen molar-refractivity contribution in [1.29, 1.82) is 0 Å². The maximum Gasteiger partial charge on any atom is 0.191 e. The molecule has 0 radical (unpaired) electrons. The van der Waals surface area contributed by atoms with E-state index in [2.05, 4.69) is 33.9 Å². The van der Waals surface area contributed by atoms with E-state index < -0.39 is 8.32 Å². The van der Waals surface area contributed by atoms with E-state index in [0.29, 0.717) is 23.4 Å². The molecular formula is C13H26O3Si. The number of rotatable bonds is 5. The van der Waals surface area contributed by atoms with Gasteiger partial charge in [-0.1, -0.05) is 20.8 Å². The van der Waals surface area contributed by atoms with Gasteiger partial charge >= 0.3 is 0 Å². The zero-order chi connectivity index (χ0) is 12.7. The Morgan fingerprint density at radius 1 is 1.29 bits per heavy atom. The molecule has 2 fully saturated rings. The van der Waals surface area contributed by atoms with Gasteiger partial charge in [-0.25, -0.2) is 0 Å². The Balaban J connectivity index is 1.62. The van der Waals surface area contributed by atoms with E-state index in [-0.39, 0.29) is 0 Å². The van der Waals surface area contributed by atoms with Gasteiger partial charge < -0.3 is 13.9 Å². The van der Waals surface area contributed by atoms with Gasteiger partial charge in [0.05, 0.1) is 12.7 Å². The van der Waals surface area contributed by atoms with E-state index in [0.717, 1.165) is 26.1 Å². The molecule has 2 aliphatic rings. The van der Waals surface area contributed by atoms with Crippen molar-refractivity contribution in [3.8, 4) is 0 Å². The van der Waals surface area contributed by atoms with Crippen molar-refractivity contribution in [2.45, 2.75) is 70.1 Å². The van der Waals surface area contributed by atoms with Crippen LogP contribution in [-0.2, 0) is 13.9 Å². The SMILES string of the molecule is CC(C)(C)[Si](C)(C)OCCC[C@@H]1OC[C@H]2O[C@@H]12. The maximum atomic E-state index is 6.15. The van der Waals surface area contributed by atoms with Crippen LogP contribution in [0.3, 0.4) is 0 Å². The standard InChI is InChI=1S/C13H26O3Si/c1-13(2,3)17(4,5)15-8-6-7-10-12-11(16-12)9-14-10/h10-12H,6-9H2,1-5H3/t10-,11+,12-/m0/s1. The van der Waals surface area contributed by atoms with Crippen LogP contribution in [0, 0.1) is 0 Å². The van der Waals surface area contributed by atoms with Gasteiger partial charge in [0.15, 0.2) is 8.32 Å². The fraction of sp³-hybridized carbons (Fsp3) is 1.00. The van der Waals surface area contributed by atoms with Crippen molar-refractivity contribution in [3.63, 3.8) is 0 Å². The van der Waals surface area contributed by atoms with Crippen molar-refractivity contribution in [2.75, 3.05) is 13.2 Å². The molecule has 100 valence electrons. The van der Waals surface area contributed by atoms with Gasteiger partial charge in [-0.3, -0.25) is 0 Å². The monoisotopic (exact) mass is 258 g/mol. The summed E-state index contributed by atoms with van der Waals surface area (Å²) in [4.78, 5) is 0. The quantitative estimate of drug-likeness (QED) is 0.431. The Hall–Kier alpha value is 0.0969. The molecule has 17 heavy (non-hydrogen) atoms. The van der Waals surface area contributed by atoms with Crippen LogP contribution in [0.4, 0.5) is 0 Å². The summed E-state index contributed by atoms with van der Waals surface area (Å²) in [6, 6.07) is 0. The zero-order valence-corrected chi connectivity index (χ0v) is 12.8. The lowest BCUT2D eigenvalue weighted by molar-refractivity contribution is 0.0212. The molecule has 0 N–H and O–H groups in total. The second-order valence-electron chi connectivity index (χ2n) is 6.76. The number of hydrogen-bond donors (Lipinski definition) is 0. The molecule has 0 amide bonds. The third kappa shape index (κ3) is 3.11. The number of fused-ring (bicyclic) bond motifs is 1. The molecule has 0 saturated carbocycles. The summed E-state index contributed by atoms with van der Waals surface area (Å²) in [5, 5.41) is 0.307. The molecule has 3 atom stereocenters. The van der Waals surface area contributed by atoms with E-state index in [4.69, 9.17) is 13.9 Å². The summed E-state index contributed by atoms with van der Waals surface area (Å²) in [6.45, 7) is 13.1. The summed E-state index contributed by atoms with van der Waals surface area (Å²) in [5.41, 5.74) is 0. The second kappa shape index (κ2) is 4.65. The minimum Gasteiger partial charge on any atom is -0.417 e. The third-order valence-corrected chi connectivity index (χ3v) is 8.90. The number of epoxide rings is 1. The molecule has 2 heterocycles. The predicted octanol–water partition coefficient (Wildman–Crippen LogP) is 2.95. The summed E-state index contributed by atoms with van der Waals surface area (Å²) in [5.74, 6) is 0. The van der Waals surface area contributed by atoms with E-state index in [9.17, 15) is 0 Å². The first kappa shape index (κ1) is 13.5. The average molecular weight is 258 g/mol. The molecule has 0 bridgehead atoms. The van der Waals surface area contributed by atoms with Crippen LogP contribution in [0.15, 0.2) is 0 Å². The Kier molecular flexibility index (Phi) is 3.70. The predicted molar refractivity (Wildman–Crippen MR) is 70.8 cm³/mol. The molecule has 0 aromatic carbocycles. The van der Waals surface area contributed by atoms with Gasteiger partial charge in [0.25, 0.3) is 0 Å². The van der Waals surface area contributed by atoms with Crippen molar-refractivity contribution in [3.05, 3.63) is 0 Å². The van der Waals surface area contributed by atoms with Crippen LogP contribution < -0.4 is 0 Å². The van der Waals surface area contributed by atoms with E-state index in [1.54, 1.807) is 0 Å². The zero-order valence-electron chi connectivity index (χ0n) is 11.8. The fourth-order valence-electron chi connectivity index (χ4n) is 2.01. The lowest BCUT2D eigenvalue weighted by atomic mass is 10.1. The molecule has 0 spiro atoms. The normalized spacial score (nSPS) is 32.6. The van der Waals surface area contributed by atoms with Gasteiger partial charge in [0.2, 0.25) is 0 Å². The van der Waals surface area contributed by atoms with Gasteiger partial charge in [-0.05, 0) is 31.0 Å². The summed E-state index contributed by atoms with van der Waals surface area (Å²) in [7, 11) is -1.56. The Morgan fingerprint density at radius 3 is 2.47 bits per heavy atom. The van der Waals surface area contributed by atoms with Gasteiger partial charge in [-0.15, -0.1) is 0 Å². The van der Waals surface area contributed by atoms with Crippen molar-refractivity contribution in [2.24, 2.45) is 0 Å². The highest BCUT2D eigenvalue weighted by atomic mass is 28.4. The minimum atomic E-state index is -1.56. The lowest BCUT2D eigenvalue weighted by Crippen LogP contribution is -2.41. The first-order valence-electron chi connectivity index (χ1n) is 6.72. The van der Waals surface area contributed by atoms with Crippen LogP contribution in [0.5, 0.6) is 0 Å². The average Bonchev–Trinajstić information content (AvgIpc) is 2.87. The van der Waals surface area contributed by atoms with Crippen LogP contribution in [0.25, 0.3) is 0 Å². The van der Waals surface area contributed by atoms with Crippen LogP contribution in [0.1, 0.15) is 33.6 Å². The minimum absolute atomic E-state index is 0.307. The molecule has 4 heteroatoms. The summed E-state index contributed by atoms with van der Waals surface area (Å²) >= 11 is 0. The van der Waals surface area contributed by atoms with Crippen LogP contribution >= 0.6 is 0 Å². The highest BCUT2D eigenvalue weighted by Gasteiger charge is 2.51. The molecular weight excluding hydrogens is 232 g/mol. The Labute approximate surface area is 106 Å². The molecule has 0 aromatic heterocycles. The maximum absolute atomic E-state index is 6.15. The van der Waals surface area contributed by atoms with Crippen molar-refractivity contribution >= 4 is 8.32 Å². The van der Waals surface area contributed by atoms with Gasteiger partial charge in [0, 0.05) is 6.61 Å². The molecule has 2 aliphatic heterocycles. The van der Waals surface area contributed by atoms with E-state index >= 15 is 0 Å². The fourth-order valence-corrected chi connectivity index (χ4v) is 3.09. The Morgan fingerprint density at radius 2 is 2.00 bits per heavy atom. The largest absolute Gasteiger partial charge is 0.417 e. The highest BCUT2D eigenvalue weighted by molar-refractivity contribution is 6.74.